The lowest BCUT2D eigenvalue weighted by molar-refractivity contribution is -0.131. The lowest BCUT2D eigenvalue weighted by atomic mass is 9.90. The Morgan fingerprint density at radius 1 is 1.11 bits per heavy atom. The third kappa shape index (κ3) is 6.32. The highest BCUT2D eigenvalue weighted by atomic mass is 16.3. The van der Waals surface area contributed by atoms with Crippen molar-refractivity contribution in [2.75, 3.05) is 20.1 Å². The second-order valence-corrected chi connectivity index (χ2v) is 9.84. The molecule has 4 rings (SSSR count). The minimum Gasteiger partial charge on any atom is -0.387 e. The van der Waals surface area contributed by atoms with E-state index in [2.05, 4.69) is 17.1 Å². The Hall–Kier alpha value is -3.64. The van der Waals surface area contributed by atoms with Crippen LogP contribution in [0.4, 0.5) is 0 Å². The molecule has 2 N–H and O–H groups in total. The van der Waals surface area contributed by atoms with Crippen LogP contribution in [0, 0.1) is 12.8 Å². The zero-order valence-corrected chi connectivity index (χ0v) is 21.2. The summed E-state index contributed by atoms with van der Waals surface area (Å²) in [6.45, 7) is 5.22. The second kappa shape index (κ2) is 11.4. The summed E-state index contributed by atoms with van der Waals surface area (Å²) in [6, 6.07) is 17.4. The Labute approximate surface area is 213 Å². The number of likely N-dealkylation sites (N-methyl/N-ethyl adjacent to an activating group) is 1. The van der Waals surface area contributed by atoms with Crippen molar-refractivity contribution in [3.05, 3.63) is 107 Å². The number of nitrogens with one attached hydrogen (secondary N) is 1. The summed E-state index contributed by atoms with van der Waals surface area (Å²) in [5.74, 6) is 0.0396. The van der Waals surface area contributed by atoms with E-state index in [1.807, 2.05) is 91.8 Å². The maximum Gasteiger partial charge on any atom is 0.255 e. The molecule has 1 heterocycles. The lowest BCUT2D eigenvalue weighted by Gasteiger charge is -2.33. The van der Waals surface area contributed by atoms with Gasteiger partial charge in [-0.15, -0.1) is 0 Å². The molecule has 0 saturated carbocycles. The van der Waals surface area contributed by atoms with E-state index in [4.69, 9.17) is 0 Å². The molecule has 0 radical (unpaired) electrons. The van der Waals surface area contributed by atoms with Gasteiger partial charge in [-0.25, -0.2) is 0 Å². The molecule has 0 fully saturated rings. The average Bonchev–Trinajstić information content (AvgIpc) is 3.29. The number of hydrogen-bond donors (Lipinski definition) is 2. The molecule has 2 aliphatic rings. The largest absolute Gasteiger partial charge is 0.387 e. The molecule has 2 aromatic rings. The van der Waals surface area contributed by atoms with Gasteiger partial charge in [-0.3, -0.25) is 9.59 Å². The van der Waals surface area contributed by atoms with Gasteiger partial charge in [0, 0.05) is 37.8 Å². The van der Waals surface area contributed by atoms with Crippen molar-refractivity contribution in [1.82, 2.24) is 15.1 Å². The second-order valence-electron chi connectivity index (χ2n) is 9.84. The van der Waals surface area contributed by atoms with Crippen molar-refractivity contribution in [2.24, 2.45) is 5.92 Å². The first-order chi connectivity index (χ1) is 17.3. The molecule has 3 atom stereocenters. The van der Waals surface area contributed by atoms with Crippen molar-refractivity contribution in [2.45, 2.75) is 38.8 Å². The van der Waals surface area contributed by atoms with Crippen LogP contribution in [0.15, 0.2) is 90.3 Å². The zero-order chi connectivity index (χ0) is 25.7. The van der Waals surface area contributed by atoms with Crippen molar-refractivity contribution in [3.63, 3.8) is 0 Å². The first kappa shape index (κ1) is 25.5. The standard InChI is InChI=1S/C30H35N3O3/c1-21-9-12-25(13-10-21)30(36)31-27-14-11-23(17-22(27)2)18-29(35)32(3)28(24-7-5-4-6-8-24)20-33-16-15-26(34)19-33/h4-16,22,26,28,34H,17-20H2,1-3H3,(H,31,36)/t22?,26-,28+/m0/s1. The van der Waals surface area contributed by atoms with E-state index in [0.717, 1.165) is 28.8 Å². The molecule has 6 nitrogen and oxygen atoms in total. The number of nitrogens with zero attached hydrogens (tertiary/aromatic N) is 2. The summed E-state index contributed by atoms with van der Waals surface area (Å²) in [5.41, 5.74) is 4.73. The number of amides is 2. The molecular weight excluding hydrogens is 450 g/mol. The van der Waals surface area contributed by atoms with Crippen LogP contribution in [-0.2, 0) is 4.79 Å². The predicted octanol–water partition coefficient (Wildman–Crippen LogP) is 4.35. The van der Waals surface area contributed by atoms with Gasteiger partial charge in [0.15, 0.2) is 0 Å². The highest BCUT2D eigenvalue weighted by Crippen LogP contribution is 2.28. The van der Waals surface area contributed by atoms with Gasteiger partial charge in [-0.05, 0) is 55.3 Å². The Bertz CT molecular complexity index is 1170. The quantitative estimate of drug-likeness (QED) is 0.583. The van der Waals surface area contributed by atoms with E-state index in [-0.39, 0.29) is 23.8 Å². The van der Waals surface area contributed by atoms with Gasteiger partial charge < -0.3 is 20.2 Å². The van der Waals surface area contributed by atoms with Crippen LogP contribution in [0.3, 0.4) is 0 Å². The fraction of sp³-hybridized carbons (Fsp3) is 0.333. The fourth-order valence-electron chi connectivity index (χ4n) is 4.71. The number of carbonyl (C=O) groups excluding carboxylic acids is 2. The topological polar surface area (TPSA) is 72.9 Å². The van der Waals surface area contributed by atoms with Crippen LogP contribution in [0.25, 0.3) is 0 Å². The zero-order valence-electron chi connectivity index (χ0n) is 21.2. The van der Waals surface area contributed by atoms with Crippen LogP contribution in [-0.4, -0.2) is 53.0 Å². The highest BCUT2D eigenvalue weighted by molar-refractivity contribution is 5.95. The normalized spacial score (nSPS) is 19.9. The van der Waals surface area contributed by atoms with Gasteiger partial charge in [0.1, 0.15) is 0 Å². The Kier molecular flexibility index (Phi) is 8.06. The summed E-state index contributed by atoms with van der Waals surface area (Å²) in [6.07, 6.45) is 8.15. The van der Waals surface area contributed by atoms with Gasteiger partial charge in [-0.2, -0.15) is 0 Å². The van der Waals surface area contributed by atoms with E-state index >= 15 is 0 Å². The summed E-state index contributed by atoms with van der Waals surface area (Å²) >= 11 is 0. The molecule has 0 aromatic heterocycles. The minimum absolute atomic E-state index is 0.0477. The molecule has 0 saturated heterocycles. The molecule has 2 aromatic carbocycles. The van der Waals surface area contributed by atoms with Crippen LogP contribution >= 0.6 is 0 Å². The van der Waals surface area contributed by atoms with E-state index in [9.17, 15) is 14.7 Å². The van der Waals surface area contributed by atoms with Gasteiger partial charge in [0.2, 0.25) is 5.91 Å². The number of β-amino-alcohol motifs (C(OH)–C–C–N with tert-alkyl or cyclic N) is 1. The summed E-state index contributed by atoms with van der Waals surface area (Å²) in [5, 5.41) is 12.9. The molecular formula is C30H35N3O3. The molecule has 1 aliphatic carbocycles. The number of aliphatic hydroxyl groups excluding tert-OH is 1. The number of carbonyl (C=O) groups is 2. The van der Waals surface area contributed by atoms with Gasteiger partial charge in [-0.1, -0.05) is 66.6 Å². The number of aliphatic hydroxyl groups is 1. The van der Waals surface area contributed by atoms with Crippen molar-refractivity contribution in [1.29, 1.82) is 0 Å². The summed E-state index contributed by atoms with van der Waals surface area (Å²) in [4.78, 5) is 29.9. The van der Waals surface area contributed by atoms with Crippen LogP contribution in [0.1, 0.15) is 47.3 Å². The first-order valence-corrected chi connectivity index (χ1v) is 12.5. The molecule has 0 spiro atoms. The SMILES string of the molecule is Cc1ccc(C(=O)NC2=CC=C(CC(=O)N(C)[C@H](CN3C=C[C@H](O)C3)c3ccccc3)CC2C)cc1. The van der Waals surface area contributed by atoms with Gasteiger partial charge >= 0.3 is 0 Å². The maximum atomic E-state index is 13.4. The van der Waals surface area contributed by atoms with E-state index in [0.29, 0.717) is 25.1 Å². The minimum atomic E-state index is -0.469. The van der Waals surface area contributed by atoms with E-state index in [1.54, 1.807) is 6.08 Å². The lowest BCUT2D eigenvalue weighted by Crippen LogP contribution is -2.38. The van der Waals surface area contributed by atoms with Crippen LogP contribution < -0.4 is 5.32 Å². The van der Waals surface area contributed by atoms with Gasteiger partial charge in [0.05, 0.1) is 12.1 Å². The number of rotatable bonds is 8. The highest BCUT2D eigenvalue weighted by Gasteiger charge is 2.27. The Morgan fingerprint density at radius 2 is 1.83 bits per heavy atom. The maximum absolute atomic E-state index is 13.4. The predicted molar refractivity (Wildman–Crippen MR) is 142 cm³/mol. The Morgan fingerprint density at radius 3 is 2.47 bits per heavy atom. The molecule has 0 bridgehead atoms. The number of aryl methyl sites for hydroxylation is 1. The third-order valence-electron chi connectivity index (χ3n) is 6.94. The fourth-order valence-corrected chi connectivity index (χ4v) is 4.71. The molecule has 2 amide bonds. The molecule has 1 aliphatic heterocycles. The number of hydrogen-bond acceptors (Lipinski definition) is 4. The van der Waals surface area contributed by atoms with Gasteiger partial charge in [0.25, 0.3) is 5.91 Å². The monoisotopic (exact) mass is 485 g/mol. The van der Waals surface area contributed by atoms with E-state index in [1.165, 1.54) is 0 Å². The molecule has 188 valence electrons. The van der Waals surface area contributed by atoms with Crippen molar-refractivity contribution >= 4 is 11.8 Å². The molecule has 36 heavy (non-hydrogen) atoms. The smallest absolute Gasteiger partial charge is 0.255 e. The van der Waals surface area contributed by atoms with Crippen molar-refractivity contribution in [3.8, 4) is 0 Å². The summed E-state index contributed by atoms with van der Waals surface area (Å²) < 4.78 is 0. The van der Waals surface area contributed by atoms with Crippen LogP contribution in [0.5, 0.6) is 0 Å². The Balaban J connectivity index is 1.42. The third-order valence-corrected chi connectivity index (χ3v) is 6.94. The van der Waals surface area contributed by atoms with Crippen molar-refractivity contribution < 1.29 is 14.7 Å². The summed E-state index contributed by atoms with van der Waals surface area (Å²) in [7, 11) is 1.85. The first-order valence-electron chi connectivity index (χ1n) is 12.5. The molecule has 1 unspecified atom stereocenters. The number of benzene rings is 2. The molecule has 6 heteroatoms. The van der Waals surface area contributed by atoms with E-state index < -0.39 is 6.10 Å². The average molecular weight is 486 g/mol. The number of allylic oxidation sites excluding steroid dienone is 3. The van der Waals surface area contributed by atoms with Crippen LogP contribution in [0.2, 0.25) is 0 Å².